The van der Waals surface area contributed by atoms with E-state index in [9.17, 15) is 10.3 Å². The molecule has 92 valence electrons. The molecule has 1 aromatic heterocycles. The molecule has 1 aliphatic heterocycles. The molecule has 2 aromatic rings. The second kappa shape index (κ2) is 3.99. The number of hydrogen-bond donors (Lipinski definition) is 1. The third kappa shape index (κ3) is 1.54. The van der Waals surface area contributed by atoms with Crippen LogP contribution >= 0.6 is 0 Å². The van der Waals surface area contributed by atoms with Gasteiger partial charge >= 0.3 is 5.88 Å². The Labute approximate surface area is 105 Å². The average molecular weight is 243 g/mol. The molecule has 3 rings (SSSR count). The Hall–Kier alpha value is -2.07. The minimum absolute atomic E-state index is 0.154. The Balaban J connectivity index is 2.16. The van der Waals surface area contributed by atoms with Crippen LogP contribution in [0.1, 0.15) is 29.7 Å². The number of nitrogens with zero attached hydrogens (tertiary/aromatic N) is 1. The van der Waals surface area contributed by atoms with Crippen molar-refractivity contribution in [3.8, 4) is 11.6 Å². The van der Waals surface area contributed by atoms with Crippen molar-refractivity contribution < 1.29 is 14.6 Å². The van der Waals surface area contributed by atoms with Gasteiger partial charge in [0.05, 0.1) is 5.56 Å². The standard InChI is InChI=1S/C14H13NO3/c1-2-9-5-6-12-11(8-9)13(16)10-4-3-7-15(17)14(10)18-12/h3-8,13,16H,2H2,1H3. The third-order valence-electron chi connectivity index (χ3n) is 3.22. The lowest BCUT2D eigenvalue weighted by molar-refractivity contribution is -0.612. The first-order valence-corrected chi connectivity index (χ1v) is 5.91. The molecule has 1 N–H and O–H groups in total. The monoisotopic (exact) mass is 243 g/mol. The third-order valence-corrected chi connectivity index (χ3v) is 3.22. The molecule has 1 atom stereocenters. The molecule has 1 aromatic carbocycles. The van der Waals surface area contributed by atoms with Gasteiger partial charge in [-0.3, -0.25) is 0 Å². The van der Waals surface area contributed by atoms with Gasteiger partial charge in [0.1, 0.15) is 11.9 Å². The van der Waals surface area contributed by atoms with Gasteiger partial charge in [0.2, 0.25) is 0 Å². The highest BCUT2D eigenvalue weighted by molar-refractivity contribution is 5.49. The minimum Gasteiger partial charge on any atom is -0.616 e. The maximum atomic E-state index is 11.6. The van der Waals surface area contributed by atoms with E-state index in [4.69, 9.17) is 4.74 Å². The van der Waals surface area contributed by atoms with Crippen LogP contribution in [0.3, 0.4) is 0 Å². The highest BCUT2D eigenvalue weighted by Gasteiger charge is 2.31. The van der Waals surface area contributed by atoms with E-state index in [0.29, 0.717) is 21.6 Å². The predicted molar refractivity (Wildman–Crippen MR) is 65.4 cm³/mol. The van der Waals surface area contributed by atoms with Crippen LogP contribution in [0.4, 0.5) is 0 Å². The van der Waals surface area contributed by atoms with E-state index in [1.807, 2.05) is 12.1 Å². The summed E-state index contributed by atoms with van der Waals surface area (Å²) in [5.41, 5.74) is 2.35. The Kier molecular flexibility index (Phi) is 2.45. The van der Waals surface area contributed by atoms with E-state index in [0.717, 1.165) is 12.0 Å². The molecule has 0 radical (unpaired) electrons. The van der Waals surface area contributed by atoms with Crippen LogP contribution in [0.25, 0.3) is 0 Å². The van der Waals surface area contributed by atoms with Crippen molar-refractivity contribution in [2.24, 2.45) is 0 Å². The number of pyridine rings is 1. The van der Waals surface area contributed by atoms with Gasteiger partial charge in [-0.25, -0.2) is 0 Å². The number of ether oxygens (including phenoxy) is 1. The normalized spacial score (nSPS) is 16.7. The Morgan fingerprint density at radius 2 is 2.17 bits per heavy atom. The molecule has 4 nitrogen and oxygen atoms in total. The molecule has 18 heavy (non-hydrogen) atoms. The van der Waals surface area contributed by atoms with Gasteiger partial charge in [-0.05, 0) is 30.2 Å². The first-order valence-electron chi connectivity index (χ1n) is 5.91. The summed E-state index contributed by atoms with van der Waals surface area (Å²) >= 11 is 0. The molecule has 0 saturated carbocycles. The highest BCUT2D eigenvalue weighted by Crippen LogP contribution is 2.41. The molecule has 2 heterocycles. The lowest BCUT2D eigenvalue weighted by atomic mass is 9.97. The second-order valence-electron chi connectivity index (χ2n) is 4.32. The molecule has 1 unspecified atom stereocenters. The average Bonchev–Trinajstić information content (AvgIpc) is 2.40. The Morgan fingerprint density at radius 1 is 1.33 bits per heavy atom. The van der Waals surface area contributed by atoms with Crippen molar-refractivity contribution in [3.05, 3.63) is 58.4 Å². The minimum atomic E-state index is -0.809. The van der Waals surface area contributed by atoms with E-state index in [2.05, 4.69) is 6.92 Å². The topological polar surface area (TPSA) is 56.4 Å². The van der Waals surface area contributed by atoms with Gasteiger partial charge in [-0.1, -0.05) is 13.0 Å². The van der Waals surface area contributed by atoms with Crippen LogP contribution in [0.15, 0.2) is 36.5 Å². The Bertz CT molecular complexity index is 610. The quantitative estimate of drug-likeness (QED) is 0.616. The van der Waals surface area contributed by atoms with Gasteiger partial charge in [0.15, 0.2) is 6.20 Å². The number of aryl methyl sites for hydroxylation is 1. The van der Waals surface area contributed by atoms with Gasteiger partial charge in [-0.15, -0.1) is 4.73 Å². The van der Waals surface area contributed by atoms with E-state index in [1.54, 1.807) is 18.2 Å². The fourth-order valence-electron chi connectivity index (χ4n) is 2.20. The highest BCUT2D eigenvalue weighted by atomic mass is 16.6. The largest absolute Gasteiger partial charge is 0.616 e. The summed E-state index contributed by atoms with van der Waals surface area (Å²) in [4.78, 5) is 0. The van der Waals surface area contributed by atoms with Gasteiger partial charge in [0.25, 0.3) is 0 Å². The summed E-state index contributed by atoms with van der Waals surface area (Å²) in [6.07, 6.45) is 1.44. The summed E-state index contributed by atoms with van der Waals surface area (Å²) < 4.78 is 6.20. The second-order valence-corrected chi connectivity index (χ2v) is 4.32. The fourth-order valence-corrected chi connectivity index (χ4v) is 2.20. The number of aromatic nitrogens is 1. The van der Waals surface area contributed by atoms with Crippen molar-refractivity contribution >= 4 is 0 Å². The molecule has 0 bridgehead atoms. The molecular formula is C14H13NO3. The molecule has 0 fully saturated rings. The van der Waals surface area contributed by atoms with Crippen LogP contribution in [0.5, 0.6) is 11.6 Å². The van der Waals surface area contributed by atoms with Crippen LogP contribution < -0.4 is 9.47 Å². The van der Waals surface area contributed by atoms with Gasteiger partial charge < -0.3 is 15.1 Å². The zero-order chi connectivity index (χ0) is 12.7. The van der Waals surface area contributed by atoms with Crippen molar-refractivity contribution in [2.45, 2.75) is 19.4 Å². The zero-order valence-electron chi connectivity index (χ0n) is 9.96. The van der Waals surface area contributed by atoms with Crippen LogP contribution in [0.2, 0.25) is 0 Å². The molecule has 0 amide bonds. The predicted octanol–water partition coefficient (Wildman–Crippen LogP) is 2.07. The zero-order valence-corrected chi connectivity index (χ0v) is 9.96. The van der Waals surface area contributed by atoms with Crippen LogP contribution in [-0.4, -0.2) is 5.11 Å². The number of aliphatic hydroxyl groups excluding tert-OH is 1. The summed E-state index contributed by atoms with van der Waals surface area (Å²) in [5, 5.41) is 21.9. The number of aliphatic hydroxyl groups is 1. The van der Waals surface area contributed by atoms with Gasteiger partial charge in [0, 0.05) is 11.6 Å². The number of hydrogen-bond acceptors (Lipinski definition) is 3. The summed E-state index contributed by atoms with van der Waals surface area (Å²) in [7, 11) is 0. The summed E-state index contributed by atoms with van der Waals surface area (Å²) in [6.45, 7) is 2.05. The number of benzene rings is 1. The lowest BCUT2D eigenvalue weighted by Crippen LogP contribution is -2.31. The number of fused-ring (bicyclic) bond motifs is 2. The summed E-state index contributed by atoms with van der Waals surface area (Å²) in [6, 6.07) is 8.97. The van der Waals surface area contributed by atoms with Crippen molar-refractivity contribution in [2.75, 3.05) is 0 Å². The molecule has 1 aliphatic rings. The first-order chi connectivity index (χ1) is 8.70. The molecule has 0 aliphatic carbocycles. The smallest absolute Gasteiger partial charge is 0.391 e. The van der Waals surface area contributed by atoms with Crippen molar-refractivity contribution in [1.29, 1.82) is 0 Å². The first kappa shape index (κ1) is 11.0. The maximum Gasteiger partial charge on any atom is 0.391 e. The number of rotatable bonds is 1. The molecule has 4 heteroatoms. The van der Waals surface area contributed by atoms with E-state index in [-0.39, 0.29) is 5.88 Å². The maximum absolute atomic E-state index is 11.6. The van der Waals surface area contributed by atoms with Crippen molar-refractivity contribution in [3.63, 3.8) is 0 Å². The fraction of sp³-hybridized carbons (Fsp3) is 0.214. The summed E-state index contributed by atoms with van der Waals surface area (Å²) in [5.74, 6) is 0.699. The van der Waals surface area contributed by atoms with Gasteiger partial charge in [-0.2, -0.15) is 0 Å². The van der Waals surface area contributed by atoms with E-state index in [1.165, 1.54) is 6.20 Å². The molecule has 0 spiro atoms. The van der Waals surface area contributed by atoms with E-state index < -0.39 is 6.10 Å². The molecule has 0 saturated heterocycles. The van der Waals surface area contributed by atoms with Crippen LogP contribution in [-0.2, 0) is 6.42 Å². The Morgan fingerprint density at radius 3 is 2.94 bits per heavy atom. The lowest BCUT2D eigenvalue weighted by Gasteiger charge is -2.23. The van der Waals surface area contributed by atoms with Crippen molar-refractivity contribution in [1.82, 2.24) is 0 Å². The SMILES string of the molecule is CCc1ccc2c(c1)C(O)c1ccc[n+]([O-])c1O2. The molecular weight excluding hydrogens is 230 g/mol. The van der Waals surface area contributed by atoms with E-state index >= 15 is 0 Å². The van der Waals surface area contributed by atoms with Crippen LogP contribution in [0, 0.1) is 5.21 Å².